The van der Waals surface area contributed by atoms with Crippen LogP contribution in [-0.2, 0) is 67.2 Å². The van der Waals surface area contributed by atoms with Gasteiger partial charge in [0, 0.05) is 91.7 Å². The number of carbonyl (C=O) groups excluding carboxylic acids is 8. The van der Waals surface area contributed by atoms with E-state index < -0.39 is 198 Å². The van der Waals surface area contributed by atoms with Crippen LogP contribution in [0.1, 0.15) is 113 Å². The van der Waals surface area contributed by atoms with E-state index in [0.717, 1.165) is 36.0 Å². The van der Waals surface area contributed by atoms with Crippen LogP contribution >= 0.6 is 22.7 Å². The molecule has 50 heteroatoms. The monoisotopic (exact) mass is 1740 g/mol. The number of hydrogen-bond donors (Lipinski definition) is 23. The molecule has 0 aliphatic carbocycles. The van der Waals surface area contributed by atoms with Crippen molar-refractivity contribution in [1.82, 2.24) is 72.0 Å². The number of benzene rings is 2. The number of anilines is 1. The summed E-state index contributed by atoms with van der Waals surface area (Å²) in [4.78, 5) is 155. The maximum atomic E-state index is 15.3. The third-order valence-corrected chi connectivity index (χ3v) is 21.3. The van der Waals surface area contributed by atoms with Gasteiger partial charge in [-0.2, -0.15) is 0 Å². The molecule has 8 amide bonds. The number of nitrogen functional groups attached to an aromatic ring is 1. The number of nitrogens with zero attached hydrogens (tertiary/aromatic N) is 8. The highest BCUT2D eigenvalue weighted by molar-refractivity contribution is 7.14. The highest BCUT2D eigenvalue weighted by atomic mass is 32.1. The van der Waals surface area contributed by atoms with Gasteiger partial charge >= 0.3 is 6.09 Å². The number of nitro benzene ring substituents is 2. The molecule has 121 heavy (non-hydrogen) atoms. The number of nitrogens with two attached hydrogens (primary N) is 5. The minimum absolute atomic E-state index is 0.0834. The van der Waals surface area contributed by atoms with Crippen LogP contribution < -0.4 is 65.9 Å². The van der Waals surface area contributed by atoms with Gasteiger partial charge in [0.2, 0.25) is 29.5 Å². The van der Waals surface area contributed by atoms with Crippen LogP contribution in [0.2, 0.25) is 0 Å². The molecule has 8 rings (SSSR count). The summed E-state index contributed by atoms with van der Waals surface area (Å²) in [6.07, 6.45) is -23.9. The van der Waals surface area contributed by atoms with Gasteiger partial charge < -0.3 is 146 Å². The number of primary amides is 3. The average molecular weight is 1740 g/mol. The normalized spacial score (nSPS) is 21.4. The minimum atomic E-state index is -2.23. The number of aromatic hydroxyl groups is 2. The second-order valence-corrected chi connectivity index (χ2v) is 30.2. The van der Waals surface area contributed by atoms with Gasteiger partial charge in [0.15, 0.2) is 18.7 Å². The number of imidazole rings is 1. The number of nitro groups is 2. The Balaban J connectivity index is 0.916. The molecule has 662 valence electrons. The Bertz CT molecular complexity index is 4550. The van der Waals surface area contributed by atoms with Gasteiger partial charge in [-0.15, -0.1) is 22.7 Å². The number of ether oxygens (including phenoxy) is 5. The van der Waals surface area contributed by atoms with Crippen molar-refractivity contribution in [2.45, 2.75) is 183 Å². The number of carbonyl (C=O) groups is 8. The van der Waals surface area contributed by atoms with E-state index in [1.54, 1.807) is 10.8 Å². The molecule has 0 saturated carbocycles. The van der Waals surface area contributed by atoms with E-state index in [1.165, 1.54) is 63.3 Å². The zero-order chi connectivity index (χ0) is 88.8. The first kappa shape index (κ1) is 95.6. The molecule has 0 unspecified atom stereocenters. The summed E-state index contributed by atoms with van der Waals surface area (Å²) in [6, 6.07) is -0.373. The van der Waals surface area contributed by atoms with E-state index in [2.05, 4.69) is 67.1 Å². The van der Waals surface area contributed by atoms with E-state index in [4.69, 9.17) is 52.4 Å². The van der Waals surface area contributed by atoms with Gasteiger partial charge in [0.05, 0.1) is 94.7 Å². The molecule has 0 spiro atoms. The minimum Gasteiger partial charge on any atom is -0.507 e. The van der Waals surface area contributed by atoms with Gasteiger partial charge in [-0.3, -0.25) is 58.7 Å². The first-order chi connectivity index (χ1) is 57.4. The van der Waals surface area contributed by atoms with Crippen LogP contribution in [0.15, 0.2) is 59.7 Å². The molecule has 48 nitrogen and oxygen atoms in total. The van der Waals surface area contributed by atoms with Crippen molar-refractivity contribution >= 4 is 87.3 Å². The molecular weight excluding hydrogens is 1640 g/mol. The summed E-state index contributed by atoms with van der Waals surface area (Å²) in [5.74, 6) is -9.62. The highest BCUT2D eigenvalue weighted by Crippen LogP contribution is 2.36. The summed E-state index contributed by atoms with van der Waals surface area (Å²) in [6.45, 7) is 4.60. The number of amides is 8. The number of phenols is 2. The number of hydrogen-bond acceptors (Lipinski definition) is 39. The van der Waals surface area contributed by atoms with E-state index in [1.807, 2.05) is 4.90 Å². The predicted octanol–water partition coefficient (Wildman–Crippen LogP) is -5.28. The average Bonchev–Trinajstić information content (AvgIpc) is 1.00. The van der Waals surface area contributed by atoms with Crippen molar-refractivity contribution in [3.8, 4) is 22.2 Å². The molecule has 2 aliphatic rings. The molecule has 2 aromatic carbocycles. The number of rotatable bonds is 46. The fourth-order valence-corrected chi connectivity index (χ4v) is 14.3. The van der Waals surface area contributed by atoms with Crippen molar-refractivity contribution in [3.63, 3.8) is 0 Å². The number of aliphatic hydroxyl groups excluding tert-OH is 8. The number of non-ortho nitro benzene ring substituents is 2. The lowest BCUT2D eigenvalue weighted by atomic mass is 9.96. The van der Waals surface area contributed by atoms with Gasteiger partial charge in [0.1, 0.15) is 106 Å². The van der Waals surface area contributed by atoms with Gasteiger partial charge in [0.25, 0.3) is 23.2 Å². The Labute approximate surface area is 695 Å². The lowest BCUT2D eigenvalue weighted by Gasteiger charge is -2.47. The number of unbranched alkanes of at least 4 members (excludes halogenated alkanes) is 1. The Hall–Kier alpha value is -10.9. The summed E-state index contributed by atoms with van der Waals surface area (Å²) < 4.78 is 28.8. The number of aliphatic hydroxyl groups is 8. The standard InChI is InChI=1S/C71H99N21O27S2/c1-30-49(86-62(89-60(30)74)39(20-47(73)98)81-22-38(72)61(75)104)66(108)88-51(57(40-23-78-29-82-40)117-70-59(55(102)53(100)45(25-93)116-70)118-69-56(103)58(119-71(76)110)54(101)46(26-94)115-69)67(109)83-32(3)52(99)31(2)63(105)87-50(33(4)95)65(107)80-15-12-48-84-42(28-120-48)68-85-41(27-121-68)64(106)79-14-7-17-90(24-35-9-11-37(92(113)114)19-44(35)97)16-6-5-13-77-21-34-8-10-36(91(111)112)18-43(34)96/h8-11,18-19,23,27-29,31-33,38-39,45-46,50-59,69-70,77,81,93-97,99-103H,5-7,12-17,20-22,24-26,72H2,1-4H3,(H2,73,98)(H2,75,104)(H2,76,110)(H,78,82)(H,79,106)(H,80,107)(H,83,109)(H,87,105)(H,88,108)(H2,74,86,89)/t31-,32+,33+,38-,39-,45-,46+,50-,51-,52-,53+,54+,55-,56-,57-,58-,59-,69+,70-/m0/s1. The number of aromatic amines is 1. The molecule has 2 aliphatic heterocycles. The summed E-state index contributed by atoms with van der Waals surface area (Å²) in [7, 11) is 0. The molecule has 28 N–H and O–H groups in total. The second-order valence-electron chi connectivity index (χ2n) is 28.4. The van der Waals surface area contributed by atoms with Crippen molar-refractivity contribution in [2.75, 3.05) is 58.2 Å². The van der Waals surface area contributed by atoms with Crippen molar-refractivity contribution in [3.05, 3.63) is 125 Å². The van der Waals surface area contributed by atoms with Crippen LogP contribution in [-0.4, -0.2) is 293 Å². The molecule has 2 fully saturated rings. The SMILES string of the molecule is Cc1c(N)nc([C@H](CC(N)=O)NC[C@H](N)C(N)=O)nc1C(=O)N[C@H](C(=O)N[C@H](C)[C@@H](O)[C@H](C)C(=O)N[C@H](C(=O)NCCc1nc(-c2nc(C(=O)NCCCN(CCCCNCc3ccc([N+](=O)[O-])cc3O)Cc3ccc([N+](=O)[O-])cc3O)cs2)cs1)[C@@H](C)O)[C@@H](O[C@@H]1O[C@@H](CO)[C@@H](O)[C@H](O)[C@@H]1O[C@H]1O[C@H](CO)[C@@H](O)[C@H](OC(N)=O)[C@@H]1O)c1cnc[nH]1. The topological polar surface area (TPSA) is 769 Å². The Morgan fingerprint density at radius 2 is 1.39 bits per heavy atom. The second kappa shape index (κ2) is 44.6. The van der Waals surface area contributed by atoms with Gasteiger partial charge in [-0.1, -0.05) is 6.92 Å². The molecule has 4 aromatic heterocycles. The van der Waals surface area contributed by atoms with E-state index in [0.29, 0.717) is 65.7 Å². The predicted molar refractivity (Wildman–Crippen MR) is 420 cm³/mol. The number of thiazole rings is 2. The van der Waals surface area contributed by atoms with Crippen LogP contribution in [0.25, 0.3) is 10.7 Å². The lowest BCUT2D eigenvalue weighted by molar-refractivity contribution is -0.385. The van der Waals surface area contributed by atoms with Crippen molar-refractivity contribution in [2.24, 2.45) is 28.9 Å². The van der Waals surface area contributed by atoms with Crippen LogP contribution in [0.5, 0.6) is 11.5 Å². The molecular formula is C71H99N21O27S2. The quantitative estimate of drug-likeness (QED) is 0.00964. The third-order valence-electron chi connectivity index (χ3n) is 19.6. The van der Waals surface area contributed by atoms with Gasteiger partial charge in [-0.25, -0.2) is 29.7 Å². The summed E-state index contributed by atoms with van der Waals surface area (Å²) >= 11 is 2.36. The van der Waals surface area contributed by atoms with Crippen molar-refractivity contribution < 1.29 is 123 Å². The molecule has 6 aromatic rings. The van der Waals surface area contributed by atoms with Crippen LogP contribution in [0.4, 0.5) is 22.0 Å². The number of H-pyrrole nitrogens is 1. The van der Waals surface area contributed by atoms with E-state index in [9.17, 15) is 100 Å². The summed E-state index contributed by atoms with van der Waals surface area (Å²) in [5, 5.41) is 155. The first-order valence-electron chi connectivity index (χ1n) is 37.7. The molecule has 0 radical (unpaired) electrons. The Morgan fingerprint density at radius 1 is 0.727 bits per heavy atom. The first-order valence-corrected chi connectivity index (χ1v) is 39.5. The molecule has 0 bridgehead atoms. The fourth-order valence-electron chi connectivity index (χ4n) is 12.7. The maximum absolute atomic E-state index is 15.3. The zero-order valence-electron chi connectivity index (χ0n) is 65.5. The molecule has 2 saturated heterocycles. The summed E-state index contributed by atoms with van der Waals surface area (Å²) in [5.41, 5.74) is 28.2. The smallest absolute Gasteiger partial charge is 0.404 e. The number of nitrogens with one attached hydrogen (secondary N) is 8. The van der Waals surface area contributed by atoms with Crippen LogP contribution in [0.3, 0.4) is 0 Å². The Kier molecular flexibility index (Phi) is 35.2. The van der Waals surface area contributed by atoms with Crippen LogP contribution in [0, 0.1) is 33.1 Å². The maximum Gasteiger partial charge on any atom is 0.404 e. The van der Waals surface area contributed by atoms with E-state index in [-0.39, 0.29) is 90.6 Å². The lowest BCUT2D eigenvalue weighted by Crippen LogP contribution is -2.65. The largest absolute Gasteiger partial charge is 0.507 e. The molecule has 6 heterocycles. The highest BCUT2D eigenvalue weighted by Gasteiger charge is 2.54. The molecule has 19 atom stereocenters. The van der Waals surface area contributed by atoms with Crippen molar-refractivity contribution in [1.29, 1.82) is 0 Å². The van der Waals surface area contributed by atoms with Gasteiger partial charge in [-0.05, 0) is 65.3 Å². The number of aromatic nitrogens is 6. The Morgan fingerprint density at radius 3 is 2.01 bits per heavy atom. The zero-order valence-corrected chi connectivity index (χ0v) is 67.2. The third kappa shape index (κ3) is 26.1. The fraction of sp³-hybridized carbons (Fsp3) is 0.535. The van der Waals surface area contributed by atoms with E-state index >= 15 is 9.59 Å². The number of phenolic OH excluding ortho intramolecular Hbond substituents is 2.